The summed E-state index contributed by atoms with van der Waals surface area (Å²) in [6, 6.07) is 17.6. The topological polar surface area (TPSA) is 90.3 Å². The zero-order valence-corrected chi connectivity index (χ0v) is 21.1. The van der Waals surface area contributed by atoms with Crippen molar-refractivity contribution in [1.82, 2.24) is 0 Å². The Labute approximate surface area is 220 Å². The predicted molar refractivity (Wildman–Crippen MR) is 143 cm³/mol. The minimum Gasteiger partial charge on any atom is -0.508 e. The number of hydrogen-bond acceptors (Lipinski definition) is 6. The number of aromatic hydroxyl groups is 1. The van der Waals surface area contributed by atoms with Gasteiger partial charge < -0.3 is 19.8 Å². The number of halogens is 1. The highest BCUT2D eigenvalue weighted by atomic mass is 35.5. The van der Waals surface area contributed by atoms with Gasteiger partial charge in [-0.15, -0.1) is 0 Å². The number of phenols is 1. The van der Waals surface area contributed by atoms with Gasteiger partial charge in [-0.25, -0.2) is 0 Å². The molecule has 2 aliphatic rings. The molecule has 190 valence electrons. The molecule has 0 bridgehead atoms. The summed E-state index contributed by atoms with van der Waals surface area (Å²) in [5, 5.41) is 21.8. The lowest BCUT2D eigenvalue weighted by Crippen LogP contribution is -2.29. The van der Waals surface area contributed by atoms with Gasteiger partial charge in [-0.05, 0) is 79.9 Å². The number of hydrogen-bond donors (Lipinski definition) is 2. The maximum atomic E-state index is 13.4. The lowest BCUT2D eigenvalue weighted by molar-refractivity contribution is -0.132. The summed E-state index contributed by atoms with van der Waals surface area (Å²) < 4.78 is 5.54. The van der Waals surface area contributed by atoms with E-state index in [2.05, 4.69) is 4.90 Å². The SMILES string of the molecule is CCOc1ccc(Cl)c(/C(O)=C2\C(=O)C(=O)N(c3ccc(N4CCCC4)cc3)C2c2cccc(O)c2)c1. The van der Waals surface area contributed by atoms with Gasteiger partial charge in [0.05, 0.1) is 23.2 Å². The Morgan fingerprint density at radius 2 is 1.70 bits per heavy atom. The monoisotopic (exact) mass is 518 g/mol. The largest absolute Gasteiger partial charge is 0.508 e. The van der Waals surface area contributed by atoms with Crippen LogP contribution in [-0.2, 0) is 9.59 Å². The number of phenolic OH excluding ortho intramolecular Hbond substituents is 1. The van der Waals surface area contributed by atoms with Crippen LogP contribution in [0.5, 0.6) is 11.5 Å². The number of carbonyl (C=O) groups is 2. The third-order valence-corrected chi connectivity index (χ3v) is 7.06. The van der Waals surface area contributed by atoms with Crippen LogP contribution >= 0.6 is 11.6 Å². The molecule has 3 aromatic rings. The molecule has 5 rings (SSSR count). The van der Waals surface area contributed by atoms with E-state index in [-0.39, 0.29) is 21.9 Å². The third-order valence-electron chi connectivity index (χ3n) is 6.73. The van der Waals surface area contributed by atoms with Crippen molar-refractivity contribution >= 4 is 40.4 Å². The van der Waals surface area contributed by atoms with Crippen LogP contribution in [0.4, 0.5) is 11.4 Å². The molecule has 1 amide bonds. The first-order valence-electron chi connectivity index (χ1n) is 12.3. The fourth-order valence-electron chi connectivity index (χ4n) is 5.00. The Morgan fingerprint density at radius 1 is 1.00 bits per heavy atom. The normalized spacial score (nSPS) is 19.0. The van der Waals surface area contributed by atoms with Gasteiger partial charge in [-0.1, -0.05) is 23.7 Å². The molecule has 3 aromatic carbocycles. The van der Waals surface area contributed by atoms with Crippen LogP contribution < -0.4 is 14.5 Å². The summed E-state index contributed by atoms with van der Waals surface area (Å²) in [6.07, 6.45) is 2.28. The van der Waals surface area contributed by atoms with E-state index in [0.29, 0.717) is 23.6 Å². The fraction of sp³-hybridized carbons (Fsp3) is 0.241. The highest BCUT2D eigenvalue weighted by Crippen LogP contribution is 2.44. The number of rotatable bonds is 6. The van der Waals surface area contributed by atoms with Crippen molar-refractivity contribution in [3.05, 3.63) is 88.5 Å². The number of benzene rings is 3. The Kier molecular flexibility index (Phi) is 6.80. The Bertz CT molecular complexity index is 1380. The van der Waals surface area contributed by atoms with Crippen molar-refractivity contribution in [2.45, 2.75) is 25.8 Å². The maximum Gasteiger partial charge on any atom is 0.300 e. The average molecular weight is 519 g/mol. The van der Waals surface area contributed by atoms with Crippen LogP contribution in [0.2, 0.25) is 5.02 Å². The number of aliphatic hydroxyl groups excluding tert-OH is 1. The summed E-state index contributed by atoms with van der Waals surface area (Å²) in [5.74, 6) is -1.58. The smallest absolute Gasteiger partial charge is 0.300 e. The fourth-order valence-corrected chi connectivity index (χ4v) is 5.20. The van der Waals surface area contributed by atoms with Crippen molar-refractivity contribution in [1.29, 1.82) is 0 Å². The van der Waals surface area contributed by atoms with Crippen LogP contribution in [0, 0.1) is 0 Å². The summed E-state index contributed by atoms with van der Waals surface area (Å²) in [6.45, 7) is 4.20. The van der Waals surface area contributed by atoms with Gasteiger partial charge in [0.15, 0.2) is 0 Å². The molecule has 37 heavy (non-hydrogen) atoms. The van der Waals surface area contributed by atoms with E-state index in [0.717, 1.165) is 31.6 Å². The van der Waals surface area contributed by atoms with E-state index in [1.165, 1.54) is 17.0 Å². The molecular weight excluding hydrogens is 492 g/mol. The number of aliphatic hydroxyl groups is 1. The molecule has 8 heteroatoms. The number of nitrogens with zero attached hydrogens (tertiary/aromatic N) is 2. The third kappa shape index (κ3) is 4.62. The van der Waals surface area contributed by atoms with Crippen molar-refractivity contribution in [2.75, 3.05) is 29.5 Å². The lowest BCUT2D eigenvalue weighted by Gasteiger charge is -2.26. The summed E-state index contributed by atoms with van der Waals surface area (Å²) >= 11 is 6.40. The van der Waals surface area contributed by atoms with Gasteiger partial charge in [0, 0.05) is 30.0 Å². The molecule has 7 nitrogen and oxygen atoms in total. The van der Waals surface area contributed by atoms with Gasteiger partial charge in [-0.3, -0.25) is 14.5 Å². The second-order valence-corrected chi connectivity index (χ2v) is 9.46. The van der Waals surface area contributed by atoms with Gasteiger partial charge in [0.2, 0.25) is 0 Å². The van der Waals surface area contributed by atoms with Crippen LogP contribution in [-0.4, -0.2) is 41.6 Å². The number of Topliss-reactive ketones (excluding diaryl/α,β-unsaturated/α-hetero) is 1. The number of carbonyl (C=O) groups excluding carboxylic acids is 2. The van der Waals surface area contributed by atoms with E-state index in [4.69, 9.17) is 16.3 Å². The molecule has 2 N–H and O–H groups in total. The van der Waals surface area contributed by atoms with Gasteiger partial charge >= 0.3 is 0 Å². The Morgan fingerprint density at radius 3 is 2.38 bits per heavy atom. The molecule has 0 radical (unpaired) electrons. The first kappa shape index (κ1) is 24.7. The van der Waals surface area contributed by atoms with Gasteiger partial charge in [-0.2, -0.15) is 0 Å². The minimum atomic E-state index is -0.975. The van der Waals surface area contributed by atoms with E-state index in [9.17, 15) is 19.8 Å². The summed E-state index contributed by atoms with van der Waals surface area (Å²) in [5.41, 5.74) is 2.09. The standard InChI is InChI=1S/C29H27ClN2O5/c1-2-37-22-12-13-24(30)23(17-22)27(34)25-26(18-6-5-7-21(33)16-18)32(29(36)28(25)35)20-10-8-19(9-11-20)31-14-3-4-15-31/h5-13,16-17,26,33-34H,2-4,14-15H2,1H3/b27-25+. The van der Waals surface area contributed by atoms with Crippen LogP contribution in [0.25, 0.3) is 5.76 Å². The zero-order valence-electron chi connectivity index (χ0n) is 20.4. The molecule has 0 aliphatic carbocycles. The van der Waals surface area contributed by atoms with Crippen LogP contribution in [0.1, 0.15) is 36.9 Å². The van der Waals surface area contributed by atoms with Gasteiger partial charge in [0.25, 0.3) is 11.7 Å². The molecule has 1 atom stereocenters. The lowest BCUT2D eigenvalue weighted by atomic mass is 9.95. The first-order valence-corrected chi connectivity index (χ1v) is 12.6. The molecule has 2 aliphatic heterocycles. The average Bonchev–Trinajstić information content (AvgIpc) is 3.52. The van der Waals surface area contributed by atoms with Crippen LogP contribution in [0.15, 0.2) is 72.3 Å². The first-order chi connectivity index (χ1) is 17.9. The van der Waals surface area contributed by atoms with Crippen molar-refractivity contribution in [3.8, 4) is 11.5 Å². The van der Waals surface area contributed by atoms with E-state index >= 15 is 0 Å². The minimum absolute atomic E-state index is 0.0242. The molecule has 2 saturated heterocycles. The maximum absolute atomic E-state index is 13.4. The molecular formula is C29H27ClN2O5. The van der Waals surface area contributed by atoms with E-state index < -0.39 is 23.5 Å². The van der Waals surface area contributed by atoms with Crippen molar-refractivity contribution in [3.63, 3.8) is 0 Å². The predicted octanol–water partition coefficient (Wildman–Crippen LogP) is 5.67. The molecule has 2 heterocycles. The Balaban J connectivity index is 1.65. The highest BCUT2D eigenvalue weighted by molar-refractivity contribution is 6.52. The van der Waals surface area contributed by atoms with E-state index in [1.54, 1.807) is 42.5 Å². The number of ether oxygens (including phenoxy) is 1. The zero-order chi connectivity index (χ0) is 26.1. The molecule has 2 fully saturated rings. The quantitative estimate of drug-likeness (QED) is 0.248. The second kappa shape index (κ2) is 10.2. The van der Waals surface area contributed by atoms with Crippen LogP contribution in [0.3, 0.4) is 0 Å². The van der Waals surface area contributed by atoms with Gasteiger partial charge in [0.1, 0.15) is 17.3 Å². The summed E-state index contributed by atoms with van der Waals surface area (Å²) in [7, 11) is 0. The molecule has 0 saturated carbocycles. The van der Waals surface area contributed by atoms with Crippen molar-refractivity contribution in [2.24, 2.45) is 0 Å². The molecule has 1 unspecified atom stereocenters. The Hall–Kier alpha value is -3.97. The number of amides is 1. The summed E-state index contributed by atoms with van der Waals surface area (Å²) in [4.78, 5) is 30.5. The molecule has 0 spiro atoms. The number of ketones is 1. The molecule has 0 aromatic heterocycles. The second-order valence-electron chi connectivity index (χ2n) is 9.05. The highest BCUT2D eigenvalue weighted by Gasteiger charge is 2.47. The van der Waals surface area contributed by atoms with E-state index in [1.807, 2.05) is 19.1 Å². The van der Waals surface area contributed by atoms with Crippen molar-refractivity contribution < 1.29 is 24.5 Å². The number of anilines is 2.